The van der Waals surface area contributed by atoms with E-state index < -0.39 is 0 Å². The summed E-state index contributed by atoms with van der Waals surface area (Å²) in [6.07, 6.45) is 5.71. The Morgan fingerprint density at radius 1 is 1.12 bits per heavy atom. The first kappa shape index (κ1) is 15.3. The molecule has 1 saturated heterocycles. The number of amides is 1. The fraction of sp³-hybridized carbons (Fsp3) is 0.632. The van der Waals surface area contributed by atoms with Crippen molar-refractivity contribution in [3.63, 3.8) is 0 Å². The van der Waals surface area contributed by atoms with Crippen LogP contribution in [0, 0.1) is 11.8 Å². The maximum atomic E-state index is 12.9. The Labute approximate surface area is 147 Å². The van der Waals surface area contributed by atoms with Crippen LogP contribution in [0.15, 0.2) is 18.2 Å². The minimum atomic E-state index is 0.125. The van der Waals surface area contributed by atoms with Crippen molar-refractivity contribution in [1.82, 2.24) is 24.8 Å². The van der Waals surface area contributed by atoms with E-state index in [4.69, 9.17) is 0 Å². The van der Waals surface area contributed by atoms with Crippen LogP contribution in [0.4, 0.5) is 0 Å². The molecule has 2 saturated carbocycles. The van der Waals surface area contributed by atoms with Crippen LogP contribution in [-0.4, -0.2) is 62.9 Å². The number of carbonyl (C=O) groups excluding carboxylic acids is 1. The summed E-state index contributed by atoms with van der Waals surface area (Å²) in [5, 5.41) is 8.14. The van der Waals surface area contributed by atoms with Crippen LogP contribution in [0.2, 0.25) is 0 Å². The molecule has 1 aromatic carbocycles. The van der Waals surface area contributed by atoms with Crippen LogP contribution < -0.4 is 0 Å². The van der Waals surface area contributed by atoms with E-state index in [1.165, 1.54) is 25.7 Å². The largest absolute Gasteiger partial charge is 0.336 e. The predicted molar refractivity (Wildman–Crippen MR) is 95.2 cm³/mol. The van der Waals surface area contributed by atoms with E-state index in [0.717, 1.165) is 60.7 Å². The molecular weight excluding hydrogens is 314 g/mol. The van der Waals surface area contributed by atoms with Crippen LogP contribution in [0.25, 0.3) is 11.0 Å². The number of fused-ring (bicyclic) bond motifs is 3. The Morgan fingerprint density at radius 2 is 1.96 bits per heavy atom. The lowest BCUT2D eigenvalue weighted by molar-refractivity contribution is 0.0496. The number of rotatable bonds is 2. The lowest BCUT2D eigenvalue weighted by Gasteiger charge is -2.41. The Balaban J connectivity index is 1.26. The summed E-state index contributed by atoms with van der Waals surface area (Å²) in [6.45, 7) is 3.72. The highest BCUT2D eigenvalue weighted by Gasteiger charge is 2.42. The van der Waals surface area contributed by atoms with E-state index in [0.29, 0.717) is 0 Å². The van der Waals surface area contributed by atoms with Crippen molar-refractivity contribution in [2.75, 3.05) is 26.2 Å². The van der Waals surface area contributed by atoms with E-state index in [2.05, 4.69) is 15.2 Å². The lowest BCUT2D eigenvalue weighted by Crippen LogP contribution is -2.53. The van der Waals surface area contributed by atoms with Gasteiger partial charge in [0.05, 0.1) is 5.52 Å². The molecule has 25 heavy (non-hydrogen) atoms. The minimum Gasteiger partial charge on any atom is -0.336 e. The number of aromatic nitrogens is 3. The molecule has 3 aliphatic rings. The molecule has 2 heterocycles. The topological polar surface area (TPSA) is 54.3 Å². The second-order valence-corrected chi connectivity index (χ2v) is 7.99. The molecule has 3 atom stereocenters. The summed E-state index contributed by atoms with van der Waals surface area (Å²) in [5.41, 5.74) is 2.47. The van der Waals surface area contributed by atoms with Crippen LogP contribution in [0.1, 0.15) is 36.0 Å². The fourth-order valence-corrected chi connectivity index (χ4v) is 5.27. The molecule has 0 N–H and O–H groups in total. The van der Waals surface area contributed by atoms with Crippen molar-refractivity contribution < 1.29 is 4.79 Å². The highest BCUT2D eigenvalue weighted by molar-refractivity contribution is 5.97. The van der Waals surface area contributed by atoms with Gasteiger partial charge in [-0.05, 0) is 49.3 Å². The van der Waals surface area contributed by atoms with Gasteiger partial charge in [0.25, 0.3) is 5.91 Å². The van der Waals surface area contributed by atoms with E-state index in [1.54, 1.807) is 4.68 Å². The van der Waals surface area contributed by atoms with Crippen LogP contribution in [-0.2, 0) is 7.05 Å². The first-order valence-electron chi connectivity index (χ1n) is 9.52. The number of hydrogen-bond acceptors (Lipinski definition) is 4. The molecule has 6 nitrogen and oxygen atoms in total. The van der Waals surface area contributed by atoms with Gasteiger partial charge in [-0.3, -0.25) is 9.69 Å². The molecule has 2 aliphatic carbocycles. The maximum Gasteiger partial charge on any atom is 0.254 e. The Bertz CT molecular complexity index is 807. The first-order valence-corrected chi connectivity index (χ1v) is 9.52. The van der Waals surface area contributed by atoms with Gasteiger partial charge in [-0.15, -0.1) is 5.10 Å². The molecule has 132 valence electrons. The van der Waals surface area contributed by atoms with Crippen molar-refractivity contribution in [1.29, 1.82) is 0 Å². The average Bonchev–Trinajstić information content (AvgIpc) is 3.37. The monoisotopic (exact) mass is 339 g/mol. The molecule has 5 rings (SSSR count). The third-order valence-electron chi connectivity index (χ3n) is 6.63. The summed E-state index contributed by atoms with van der Waals surface area (Å²) in [5.74, 6) is 2.03. The van der Waals surface area contributed by atoms with Gasteiger partial charge < -0.3 is 4.90 Å². The average molecular weight is 339 g/mol. The van der Waals surface area contributed by atoms with Crippen molar-refractivity contribution in [3.8, 4) is 0 Å². The Hall–Kier alpha value is -1.95. The fourth-order valence-electron chi connectivity index (χ4n) is 5.27. The Kier molecular flexibility index (Phi) is 3.55. The number of hydrogen-bond donors (Lipinski definition) is 0. The van der Waals surface area contributed by atoms with Crippen molar-refractivity contribution in [3.05, 3.63) is 23.8 Å². The van der Waals surface area contributed by atoms with Crippen molar-refractivity contribution >= 4 is 16.9 Å². The highest BCUT2D eigenvalue weighted by atomic mass is 16.2. The molecule has 6 heteroatoms. The van der Waals surface area contributed by atoms with E-state index in [1.807, 2.05) is 30.1 Å². The van der Waals surface area contributed by atoms with Crippen LogP contribution in [0.5, 0.6) is 0 Å². The maximum absolute atomic E-state index is 12.9. The zero-order chi connectivity index (χ0) is 17.0. The Morgan fingerprint density at radius 3 is 2.68 bits per heavy atom. The number of piperazine rings is 1. The molecule has 1 aliphatic heterocycles. The van der Waals surface area contributed by atoms with Crippen molar-refractivity contribution in [2.45, 2.75) is 31.7 Å². The first-order chi connectivity index (χ1) is 12.2. The normalized spacial score (nSPS) is 29.6. The third-order valence-corrected chi connectivity index (χ3v) is 6.63. The van der Waals surface area contributed by atoms with Gasteiger partial charge >= 0.3 is 0 Å². The molecule has 1 amide bonds. The standard InChI is InChI=1S/C19H25N5O/c1-22-17-5-4-15(12-16(17)20-21-22)19(25)24-8-6-23(7-9-24)18-11-13-2-3-14(18)10-13/h4-5,12-14,18H,2-3,6-11H2,1H3. The predicted octanol–water partition coefficient (Wildman–Crippen LogP) is 1.91. The lowest BCUT2D eigenvalue weighted by atomic mass is 9.93. The second kappa shape index (κ2) is 5.80. The molecule has 0 radical (unpaired) electrons. The second-order valence-electron chi connectivity index (χ2n) is 7.99. The van der Waals surface area contributed by atoms with E-state index >= 15 is 0 Å². The summed E-state index contributed by atoms with van der Waals surface area (Å²) in [7, 11) is 1.87. The van der Waals surface area contributed by atoms with Gasteiger partial charge in [-0.1, -0.05) is 11.6 Å². The highest BCUT2D eigenvalue weighted by Crippen LogP contribution is 2.46. The molecule has 2 aromatic rings. The van der Waals surface area contributed by atoms with Gasteiger partial charge in [0, 0.05) is 44.8 Å². The zero-order valence-corrected chi connectivity index (χ0v) is 14.8. The molecular formula is C19H25N5O. The number of benzene rings is 1. The number of aryl methyl sites for hydroxylation is 1. The molecule has 3 fully saturated rings. The summed E-state index contributed by atoms with van der Waals surface area (Å²) >= 11 is 0. The van der Waals surface area contributed by atoms with E-state index in [-0.39, 0.29) is 5.91 Å². The third kappa shape index (κ3) is 2.54. The smallest absolute Gasteiger partial charge is 0.254 e. The summed E-state index contributed by atoms with van der Waals surface area (Å²) in [6, 6.07) is 6.49. The summed E-state index contributed by atoms with van der Waals surface area (Å²) < 4.78 is 1.73. The van der Waals surface area contributed by atoms with E-state index in [9.17, 15) is 4.79 Å². The minimum absolute atomic E-state index is 0.125. The number of carbonyl (C=O) groups is 1. The van der Waals surface area contributed by atoms with Crippen LogP contribution in [0.3, 0.4) is 0 Å². The van der Waals surface area contributed by atoms with Gasteiger partial charge in [0.1, 0.15) is 5.52 Å². The molecule has 3 unspecified atom stereocenters. The SMILES string of the molecule is Cn1nnc2cc(C(=O)N3CCN(C4CC5CCC4C5)CC3)ccc21. The quantitative estimate of drug-likeness (QED) is 0.839. The van der Waals surface area contributed by atoms with Gasteiger partial charge in [0.2, 0.25) is 0 Å². The number of nitrogens with zero attached hydrogens (tertiary/aromatic N) is 5. The van der Waals surface area contributed by atoms with Crippen molar-refractivity contribution in [2.24, 2.45) is 18.9 Å². The van der Waals surface area contributed by atoms with Crippen LogP contribution >= 0.6 is 0 Å². The van der Waals surface area contributed by atoms with Gasteiger partial charge in [-0.25, -0.2) is 4.68 Å². The van der Waals surface area contributed by atoms with Gasteiger partial charge in [-0.2, -0.15) is 0 Å². The van der Waals surface area contributed by atoms with Gasteiger partial charge in [0.15, 0.2) is 0 Å². The molecule has 0 spiro atoms. The zero-order valence-electron chi connectivity index (χ0n) is 14.8. The molecule has 2 bridgehead atoms. The summed E-state index contributed by atoms with van der Waals surface area (Å²) in [4.78, 5) is 17.5. The molecule has 1 aromatic heterocycles.